The molecule has 96 valence electrons. The van der Waals surface area contributed by atoms with Crippen LogP contribution in [0.2, 0.25) is 0 Å². The normalized spacial score (nSPS) is 30.4. The van der Waals surface area contributed by atoms with Crippen LogP contribution in [0.4, 0.5) is 0 Å². The number of rotatable bonds is 3. The van der Waals surface area contributed by atoms with Crippen molar-refractivity contribution in [1.82, 2.24) is 4.90 Å². The zero-order chi connectivity index (χ0) is 12.3. The molecule has 3 unspecified atom stereocenters. The molecule has 0 radical (unpaired) electrons. The minimum Gasteiger partial charge on any atom is -0.327 e. The maximum atomic E-state index is 6.23. The van der Waals surface area contributed by atoms with Crippen molar-refractivity contribution in [2.45, 2.75) is 78.4 Å². The van der Waals surface area contributed by atoms with E-state index in [0.717, 1.165) is 18.5 Å². The van der Waals surface area contributed by atoms with Crippen molar-refractivity contribution in [2.24, 2.45) is 11.1 Å². The van der Waals surface area contributed by atoms with E-state index < -0.39 is 0 Å². The molecule has 2 N–H and O–H groups in total. The van der Waals surface area contributed by atoms with E-state index >= 15 is 0 Å². The van der Waals surface area contributed by atoms with Gasteiger partial charge in [-0.1, -0.05) is 27.2 Å². The monoisotopic (exact) mass is 226 g/mol. The molecule has 16 heavy (non-hydrogen) atoms. The predicted molar refractivity (Wildman–Crippen MR) is 71.5 cm³/mol. The Bertz CT molecular complexity index is 197. The first-order chi connectivity index (χ1) is 7.32. The molecule has 1 saturated heterocycles. The third-order valence-electron chi connectivity index (χ3n) is 4.19. The van der Waals surface area contributed by atoms with E-state index in [1.165, 1.54) is 25.8 Å². The van der Waals surface area contributed by atoms with E-state index in [1.54, 1.807) is 0 Å². The maximum absolute atomic E-state index is 6.23. The topological polar surface area (TPSA) is 29.3 Å². The van der Waals surface area contributed by atoms with Gasteiger partial charge in [0.2, 0.25) is 0 Å². The summed E-state index contributed by atoms with van der Waals surface area (Å²) in [6.45, 7) is 12.6. The molecule has 0 aromatic carbocycles. The molecule has 0 saturated carbocycles. The summed E-state index contributed by atoms with van der Waals surface area (Å²) in [6, 6.07) is 1.81. The molecular formula is C14H30N2. The smallest absolute Gasteiger partial charge is 0.00998 e. The maximum Gasteiger partial charge on any atom is 0.00998 e. The van der Waals surface area contributed by atoms with Crippen LogP contribution in [0.5, 0.6) is 0 Å². The second kappa shape index (κ2) is 5.50. The second-order valence-electron chi connectivity index (χ2n) is 6.63. The van der Waals surface area contributed by atoms with Crippen molar-refractivity contribution in [2.75, 3.05) is 6.54 Å². The molecule has 0 spiro atoms. The standard InChI is InChI=1S/C14H30N2/c1-11-7-6-8-12(2)16(11)10-9-13(15)14(3,4)5/h11-13H,6-10,15H2,1-5H3. The van der Waals surface area contributed by atoms with Crippen LogP contribution in [0.15, 0.2) is 0 Å². The molecule has 1 aliphatic heterocycles. The van der Waals surface area contributed by atoms with E-state index in [4.69, 9.17) is 5.73 Å². The Hall–Kier alpha value is -0.0800. The number of nitrogens with two attached hydrogens (primary N) is 1. The summed E-state index contributed by atoms with van der Waals surface area (Å²) >= 11 is 0. The summed E-state index contributed by atoms with van der Waals surface area (Å²) in [7, 11) is 0. The molecule has 2 heteroatoms. The summed E-state index contributed by atoms with van der Waals surface area (Å²) in [5.74, 6) is 0. The number of likely N-dealkylation sites (tertiary alicyclic amines) is 1. The number of hydrogen-bond donors (Lipinski definition) is 1. The minimum atomic E-state index is 0.238. The Morgan fingerprint density at radius 1 is 1.19 bits per heavy atom. The van der Waals surface area contributed by atoms with E-state index in [9.17, 15) is 0 Å². The van der Waals surface area contributed by atoms with Gasteiger partial charge in [0.05, 0.1) is 0 Å². The minimum absolute atomic E-state index is 0.238. The zero-order valence-corrected chi connectivity index (χ0v) is 11.8. The van der Waals surface area contributed by atoms with Gasteiger partial charge < -0.3 is 5.73 Å². The van der Waals surface area contributed by atoms with Gasteiger partial charge in [-0.2, -0.15) is 0 Å². The quantitative estimate of drug-likeness (QED) is 0.801. The lowest BCUT2D eigenvalue weighted by atomic mass is 9.85. The lowest BCUT2D eigenvalue weighted by Crippen LogP contribution is -2.47. The summed E-state index contributed by atoms with van der Waals surface area (Å²) in [6.07, 6.45) is 5.23. The van der Waals surface area contributed by atoms with Crippen molar-refractivity contribution >= 4 is 0 Å². The van der Waals surface area contributed by atoms with Crippen LogP contribution in [0.1, 0.15) is 60.3 Å². The molecule has 1 heterocycles. The average molecular weight is 226 g/mol. The molecule has 3 atom stereocenters. The third kappa shape index (κ3) is 3.74. The van der Waals surface area contributed by atoms with Gasteiger partial charge in [0, 0.05) is 24.7 Å². The van der Waals surface area contributed by atoms with Crippen LogP contribution in [0, 0.1) is 5.41 Å². The molecule has 0 bridgehead atoms. The lowest BCUT2D eigenvalue weighted by molar-refractivity contribution is 0.0938. The summed E-state index contributed by atoms with van der Waals surface area (Å²) in [5, 5.41) is 0. The summed E-state index contributed by atoms with van der Waals surface area (Å²) in [4.78, 5) is 2.65. The number of nitrogens with zero attached hydrogens (tertiary/aromatic N) is 1. The Labute approximate surface area is 102 Å². The molecular weight excluding hydrogens is 196 g/mol. The van der Waals surface area contributed by atoms with Gasteiger partial charge in [0.15, 0.2) is 0 Å². The second-order valence-corrected chi connectivity index (χ2v) is 6.63. The van der Waals surface area contributed by atoms with Crippen LogP contribution in [-0.4, -0.2) is 29.6 Å². The zero-order valence-electron chi connectivity index (χ0n) is 11.8. The first-order valence-electron chi connectivity index (χ1n) is 6.83. The number of hydrogen-bond acceptors (Lipinski definition) is 2. The van der Waals surface area contributed by atoms with E-state index in [0.29, 0.717) is 6.04 Å². The van der Waals surface area contributed by atoms with Crippen molar-refractivity contribution in [3.8, 4) is 0 Å². The Morgan fingerprint density at radius 3 is 2.12 bits per heavy atom. The highest BCUT2D eigenvalue weighted by Crippen LogP contribution is 2.25. The Kier molecular flexibility index (Phi) is 4.81. The fourth-order valence-corrected chi connectivity index (χ4v) is 2.64. The Balaban J connectivity index is 2.41. The molecule has 1 fully saturated rings. The SMILES string of the molecule is CC1CCCC(C)N1CCC(N)C(C)(C)C. The highest BCUT2D eigenvalue weighted by molar-refractivity contribution is 4.83. The molecule has 0 aromatic heterocycles. The van der Waals surface area contributed by atoms with Gasteiger partial charge in [-0.3, -0.25) is 4.90 Å². The molecule has 0 amide bonds. The van der Waals surface area contributed by atoms with Crippen LogP contribution in [0.25, 0.3) is 0 Å². The van der Waals surface area contributed by atoms with Gasteiger partial charge in [0.1, 0.15) is 0 Å². The van der Waals surface area contributed by atoms with Gasteiger partial charge in [-0.25, -0.2) is 0 Å². The summed E-state index contributed by atoms with van der Waals surface area (Å²) < 4.78 is 0. The molecule has 2 nitrogen and oxygen atoms in total. The summed E-state index contributed by atoms with van der Waals surface area (Å²) in [5.41, 5.74) is 6.47. The Morgan fingerprint density at radius 2 is 1.69 bits per heavy atom. The van der Waals surface area contributed by atoms with Gasteiger partial charge in [-0.15, -0.1) is 0 Å². The first kappa shape index (κ1) is 14.0. The van der Waals surface area contributed by atoms with Crippen LogP contribution in [-0.2, 0) is 0 Å². The van der Waals surface area contributed by atoms with Crippen molar-refractivity contribution in [3.05, 3.63) is 0 Å². The third-order valence-corrected chi connectivity index (χ3v) is 4.19. The number of piperidine rings is 1. The van der Waals surface area contributed by atoms with Gasteiger partial charge in [0.25, 0.3) is 0 Å². The largest absolute Gasteiger partial charge is 0.327 e. The predicted octanol–water partition coefficient (Wildman–Crippen LogP) is 3.01. The van der Waals surface area contributed by atoms with E-state index in [2.05, 4.69) is 39.5 Å². The van der Waals surface area contributed by atoms with E-state index in [1.807, 2.05) is 0 Å². The first-order valence-corrected chi connectivity index (χ1v) is 6.83. The van der Waals surface area contributed by atoms with Crippen LogP contribution >= 0.6 is 0 Å². The van der Waals surface area contributed by atoms with Crippen molar-refractivity contribution in [3.63, 3.8) is 0 Å². The van der Waals surface area contributed by atoms with Crippen LogP contribution < -0.4 is 5.73 Å². The highest BCUT2D eigenvalue weighted by Gasteiger charge is 2.26. The highest BCUT2D eigenvalue weighted by atomic mass is 15.2. The van der Waals surface area contributed by atoms with E-state index in [-0.39, 0.29) is 5.41 Å². The molecule has 1 aliphatic rings. The fourth-order valence-electron chi connectivity index (χ4n) is 2.64. The molecule has 0 aliphatic carbocycles. The molecule has 1 rings (SSSR count). The lowest BCUT2D eigenvalue weighted by Gasteiger charge is -2.40. The van der Waals surface area contributed by atoms with Gasteiger partial charge >= 0.3 is 0 Å². The van der Waals surface area contributed by atoms with Crippen LogP contribution in [0.3, 0.4) is 0 Å². The van der Waals surface area contributed by atoms with Gasteiger partial charge in [-0.05, 0) is 38.5 Å². The average Bonchev–Trinajstić information content (AvgIpc) is 2.15. The molecule has 0 aromatic rings. The fraction of sp³-hybridized carbons (Fsp3) is 1.00. The van der Waals surface area contributed by atoms with Crippen molar-refractivity contribution in [1.29, 1.82) is 0 Å². The van der Waals surface area contributed by atoms with Crippen molar-refractivity contribution < 1.29 is 0 Å².